The first-order valence-corrected chi connectivity index (χ1v) is 8.06. The van der Waals surface area contributed by atoms with Crippen LogP contribution in [0.3, 0.4) is 0 Å². The van der Waals surface area contributed by atoms with Gasteiger partial charge in [0.25, 0.3) is 0 Å². The van der Waals surface area contributed by atoms with Crippen molar-refractivity contribution in [3.8, 4) is 5.69 Å². The van der Waals surface area contributed by atoms with Crippen LogP contribution in [0.4, 0.5) is 5.95 Å². The zero-order valence-electron chi connectivity index (χ0n) is 12.9. The minimum atomic E-state index is 0.723. The Bertz CT molecular complexity index is 775. The molecular weight excluding hydrogens is 294 g/mol. The van der Waals surface area contributed by atoms with Gasteiger partial charge in [0.05, 0.1) is 11.0 Å². The molecule has 0 aliphatic heterocycles. The average molecular weight is 314 g/mol. The molecule has 0 unspecified atom stereocenters. The van der Waals surface area contributed by atoms with E-state index < -0.39 is 0 Å². The first kappa shape index (κ1) is 14.9. The van der Waals surface area contributed by atoms with Crippen LogP contribution in [0.25, 0.3) is 16.7 Å². The molecule has 0 aliphatic rings. The lowest BCUT2D eigenvalue weighted by Gasteiger charge is -2.11. The van der Waals surface area contributed by atoms with Gasteiger partial charge in [0, 0.05) is 17.3 Å². The highest BCUT2D eigenvalue weighted by Gasteiger charge is 2.12. The van der Waals surface area contributed by atoms with Crippen molar-refractivity contribution in [3.63, 3.8) is 0 Å². The van der Waals surface area contributed by atoms with Crippen molar-refractivity contribution in [1.29, 1.82) is 0 Å². The maximum Gasteiger partial charge on any atom is 0.208 e. The molecule has 0 saturated heterocycles. The van der Waals surface area contributed by atoms with Crippen LogP contribution in [0.5, 0.6) is 0 Å². The van der Waals surface area contributed by atoms with Crippen LogP contribution >= 0.6 is 11.6 Å². The van der Waals surface area contributed by atoms with Crippen molar-refractivity contribution in [1.82, 2.24) is 9.55 Å². The third-order valence-electron chi connectivity index (χ3n) is 3.72. The number of aromatic nitrogens is 2. The fourth-order valence-corrected chi connectivity index (χ4v) is 2.67. The lowest BCUT2D eigenvalue weighted by molar-refractivity contribution is 0.824. The standard InChI is InChI=1S/C18H20ClN3/c1-3-4-11-20-18-21-16-10-7-14(19)12-17(16)22(18)15-8-5-13(2)6-9-15/h5-10,12H,3-4,11H2,1-2H3,(H,20,21). The number of rotatable bonds is 5. The Morgan fingerprint density at radius 1 is 1.14 bits per heavy atom. The highest BCUT2D eigenvalue weighted by atomic mass is 35.5. The number of aryl methyl sites for hydroxylation is 1. The first-order chi connectivity index (χ1) is 10.7. The maximum atomic E-state index is 6.18. The van der Waals surface area contributed by atoms with E-state index in [9.17, 15) is 0 Å². The van der Waals surface area contributed by atoms with Gasteiger partial charge in [-0.1, -0.05) is 42.6 Å². The molecule has 114 valence electrons. The van der Waals surface area contributed by atoms with Crippen LogP contribution in [-0.4, -0.2) is 16.1 Å². The van der Waals surface area contributed by atoms with Gasteiger partial charge >= 0.3 is 0 Å². The molecule has 1 N–H and O–H groups in total. The quantitative estimate of drug-likeness (QED) is 0.656. The van der Waals surface area contributed by atoms with Gasteiger partial charge in [-0.15, -0.1) is 0 Å². The zero-order valence-corrected chi connectivity index (χ0v) is 13.7. The summed E-state index contributed by atoms with van der Waals surface area (Å²) in [6, 6.07) is 14.3. The van der Waals surface area contributed by atoms with E-state index in [-0.39, 0.29) is 0 Å². The van der Waals surface area contributed by atoms with Gasteiger partial charge in [0.1, 0.15) is 0 Å². The number of hydrogen-bond donors (Lipinski definition) is 1. The molecule has 4 heteroatoms. The molecule has 0 aliphatic carbocycles. The number of imidazole rings is 1. The van der Waals surface area contributed by atoms with E-state index in [0.29, 0.717) is 0 Å². The van der Waals surface area contributed by atoms with Crippen molar-refractivity contribution in [2.75, 3.05) is 11.9 Å². The lowest BCUT2D eigenvalue weighted by atomic mass is 10.2. The molecule has 0 saturated carbocycles. The molecule has 3 aromatic rings. The Balaban J connectivity index is 2.12. The Morgan fingerprint density at radius 3 is 2.64 bits per heavy atom. The topological polar surface area (TPSA) is 29.9 Å². The summed E-state index contributed by atoms with van der Waals surface area (Å²) in [4.78, 5) is 4.72. The maximum absolute atomic E-state index is 6.18. The fraction of sp³-hybridized carbons (Fsp3) is 0.278. The number of halogens is 1. The normalized spacial score (nSPS) is 11.0. The summed E-state index contributed by atoms with van der Waals surface area (Å²) in [6.45, 7) is 5.19. The van der Waals surface area contributed by atoms with Crippen LogP contribution in [0.1, 0.15) is 25.3 Å². The van der Waals surface area contributed by atoms with E-state index in [1.54, 1.807) is 0 Å². The van der Waals surface area contributed by atoms with Crippen LogP contribution in [0.2, 0.25) is 5.02 Å². The molecule has 3 rings (SSSR count). The largest absolute Gasteiger partial charge is 0.355 e. The number of anilines is 1. The number of nitrogens with zero attached hydrogens (tertiary/aromatic N) is 2. The van der Waals surface area contributed by atoms with Gasteiger partial charge in [-0.3, -0.25) is 4.57 Å². The molecule has 3 nitrogen and oxygen atoms in total. The van der Waals surface area contributed by atoms with Crippen LogP contribution in [0, 0.1) is 6.92 Å². The van der Waals surface area contributed by atoms with Gasteiger partial charge in [0.15, 0.2) is 0 Å². The van der Waals surface area contributed by atoms with E-state index in [4.69, 9.17) is 16.6 Å². The van der Waals surface area contributed by atoms with Gasteiger partial charge in [-0.05, 0) is 43.7 Å². The minimum Gasteiger partial charge on any atom is -0.355 e. The third kappa shape index (κ3) is 2.95. The van der Waals surface area contributed by atoms with E-state index in [1.165, 1.54) is 5.56 Å². The van der Waals surface area contributed by atoms with E-state index in [1.807, 2.05) is 18.2 Å². The molecule has 22 heavy (non-hydrogen) atoms. The average Bonchev–Trinajstić information content (AvgIpc) is 2.86. The second-order valence-corrected chi connectivity index (χ2v) is 5.96. The van der Waals surface area contributed by atoms with Crippen LogP contribution < -0.4 is 5.32 Å². The van der Waals surface area contributed by atoms with E-state index in [0.717, 1.165) is 47.1 Å². The van der Waals surface area contributed by atoms with Crippen LogP contribution in [0.15, 0.2) is 42.5 Å². The Hall–Kier alpha value is -2.00. The Labute approximate surface area is 135 Å². The zero-order chi connectivity index (χ0) is 15.5. The van der Waals surface area contributed by atoms with Crippen molar-refractivity contribution in [2.45, 2.75) is 26.7 Å². The molecule has 0 spiro atoms. The number of unbranched alkanes of at least 4 members (excludes halogenated alkanes) is 1. The molecule has 0 fully saturated rings. The SMILES string of the molecule is CCCCNc1nc2ccc(Cl)cc2n1-c1ccc(C)cc1. The summed E-state index contributed by atoms with van der Waals surface area (Å²) in [6.07, 6.45) is 2.28. The van der Waals surface area contributed by atoms with Crippen LogP contribution in [-0.2, 0) is 0 Å². The molecule has 0 atom stereocenters. The third-order valence-corrected chi connectivity index (χ3v) is 3.96. The Kier molecular flexibility index (Phi) is 4.34. The van der Waals surface area contributed by atoms with Crippen molar-refractivity contribution in [3.05, 3.63) is 53.1 Å². The smallest absolute Gasteiger partial charge is 0.208 e. The lowest BCUT2D eigenvalue weighted by Crippen LogP contribution is -2.07. The van der Waals surface area contributed by atoms with Gasteiger partial charge in [-0.25, -0.2) is 4.98 Å². The van der Waals surface area contributed by atoms with Crippen molar-refractivity contribution >= 4 is 28.6 Å². The Morgan fingerprint density at radius 2 is 1.91 bits per heavy atom. The molecule has 0 bridgehead atoms. The minimum absolute atomic E-state index is 0.723. The summed E-state index contributed by atoms with van der Waals surface area (Å²) in [5.74, 6) is 0.870. The molecule has 1 heterocycles. The van der Waals surface area contributed by atoms with E-state index >= 15 is 0 Å². The summed E-state index contributed by atoms with van der Waals surface area (Å²) in [5.41, 5.74) is 4.31. The second-order valence-electron chi connectivity index (χ2n) is 5.52. The molecule has 0 amide bonds. The molecular formula is C18H20ClN3. The van der Waals surface area contributed by atoms with Gasteiger partial charge < -0.3 is 5.32 Å². The highest BCUT2D eigenvalue weighted by molar-refractivity contribution is 6.31. The van der Waals surface area contributed by atoms with E-state index in [2.05, 4.69) is 48.0 Å². The monoisotopic (exact) mass is 313 g/mol. The second kappa shape index (κ2) is 6.41. The first-order valence-electron chi connectivity index (χ1n) is 7.68. The summed E-state index contributed by atoms with van der Waals surface area (Å²) in [5, 5.41) is 4.17. The van der Waals surface area contributed by atoms with Gasteiger partial charge in [0.2, 0.25) is 5.95 Å². The number of hydrogen-bond acceptors (Lipinski definition) is 2. The summed E-state index contributed by atoms with van der Waals surface area (Å²) >= 11 is 6.18. The fourth-order valence-electron chi connectivity index (χ4n) is 2.50. The van der Waals surface area contributed by atoms with Crippen molar-refractivity contribution < 1.29 is 0 Å². The molecule has 0 radical (unpaired) electrons. The summed E-state index contributed by atoms with van der Waals surface area (Å²) < 4.78 is 2.14. The number of benzene rings is 2. The predicted octanol–water partition coefficient (Wildman–Crippen LogP) is 5.20. The summed E-state index contributed by atoms with van der Waals surface area (Å²) in [7, 11) is 0. The predicted molar refractivity (Wildman–Crippen MR) is 94.2 cm³/mol. The molecule has 2 aromatic carbocycles. The van der Waals surface area contributed by atoms with Crippen molar-refractivity contribution in [2.24, 2.45) is 0 Å². The number of nitrogens with one attached hydrogen (secondary N) is 1. The molecule has 1 aromatic heterocycles. The number of fused-ring (bicyclic) bond motifs is 1. The van der Waals surface area contributed by atoms with Gasteiger partial charge in [-0.2, -0.15) is 0 Å². The highest BCUT2D eigenvalue weighted by Crippen LogP contribution is 2.27.